The first-order chi connectivity index (χ1) is 8.09. The van der Waals surface area contributed by atoms with Crippen molar-refractivity contribution in [1.29, 1.82) is 5.26 Å². The summed E-state index contributed by atoms with van der Waals surface area (Å²) in [5, 5.41) is 13.6. The quantitative estimate of drug-likeness (QED) is 0.637. The van der Waals surface area contributed by atoms with Crippen molar-refractivity contribution in [3.05, 3.63) is 23.4 Å². The Hall–Kier alpha value is -0.760. The van der Waals surface area contributed by atoms with E-state index in [0.717, 1.165) is 23.6 Å². The number of pyridine rings is 1. The first-order valence-corrected chi connectivity index (χ1v) is 6.80. The van der Waals surface area contributed by atoms with Gasteiger partial charge < -0.3 is 5.32 Å². The Balaban J connectivity index is 2.29. The van der Waals surface area contributed by atoms with Gasteiger partial charge in [-0.05, 0) is 44.7 Å². The molecule has 0 aliphatic heterocycles. The molecule has 0 amide bonds. The highest BCUT2D eigenvalue weighted by molar-refractivity contribution is 7.99. The normalized spacial score (nSPS) is 14.0. The minimum Gasteiger partial charge on any atom is -0.303 e. The molecule has 0 saturated carbocycles. The zero-order valence-electron chi connectivity index (χ0n) is 10.0. The summed E-state index contributed by atoms with van der Waals surface area (Å²) < 4.78 is 0. The van der Waals surface area contributed by atoms with Crippen LogP contribution in [0.1, 0.15) is 19.8 Å². The molecule has 1 heterocycles. The summed E-state index contributed by atoms with van der Waals surface area (Å²) in [6.45, 7) is 1.91. The third-order valence-electron chi connectivity index (χ3n) is 2.57. The van der Waals surface area contributed by atoms with Crippen molar-refractivity contribution in [3.8, 4) is 6.07 Å². The number of nitrogens with zero attached hydrogens (tertiary/aromatic N) is 2. The van der Waals surface area contributed by atoms with E-state index in [0.29, 0.717) is 5.02 Å². The van der Waals surface area contributed by atoms with E-state index in [1.54, 1.807) is 18.0 Å². The van der Waals surface area contributed by atoms with Gasteiger partial charge in [0.2, 0.25) is 0 Å². The molecule has 1 unspecified atom stereocenters. The Morgan fingerprint density at radius 3 is 2.88 bits per heavy atom. The molecule has 1 N–H and O–H groups in total. The Morgan fingerprint density at radius 2 is 2.35 bits per heavy atom. The van der Waals surface area contributed by atoms with Gasteiger partial charge in [0.15, 0.2) is 0 Å². The number of thioether (sulfide) groups is 1. The third kappa shape index (κ3) is 4.95. The lowest BCUT2D eigenvalue weighted by atomic mass is 9.99. The molecule has 0 fully saturated rings. The van der Waals surface area contributed by atoms with Crippen molar-refractivity contribution in [2.24, 2.45) is 0 Å². The highest BCUT2D eigenvalue weighted by atomic mass is 35.5. The van der Waals surface area contributed by atoms with Crippen LogP contribution in [0.15, 0.2) is 23.4 Å². The van der Waals surface area contributed by atoms with E-state index < -0.39 is 5.54 Å². The fourth-order valence-corrected chi connectivity index (χ4v) is 2.19. The summed E-state index contributed by atoms with van der Waals surface area (Å²) in [5.74, 6) is 0.952. The lowest BCUT2D eigenvalue weighted by molar-refractivity contribution is 0.451. The van der Waals surface area contributed by atoms with Crippen molar-refractivity contribution < 1.29 is 0 Å². The van der Waals surface area contributed by atoms with Crippen molar-refractivity contribution in [3.63, 3.8) is 0 Å². The van der Waals surface area contributed by atoms with Crippen LogP contribution in [0.5, 0.6) is 0 Å². The van der Waals surface area contributed by atoms with Crippen LogP contribution >= 0.6 is 23.4 Å². The van der Waals surface area contributed by atoms with Gasteiger partial charge in [-0.1, -0.05) is 11.6 Å². The molecule has 0 radical (unpaired) electrons. The molecule has 5 heteroatoms. The average Bonchev–Trinajstić information content (AvgIpc) is 2.36. The fourth-order valence-electron chi connectivity index (χ4n) is 1.29. The first kappa shape index (κ1) is 14.3. The standard InChI is InChI=1S/C12H16ClN3S/c1-12(9-14,15-2)6-3-7-17-11-5-4-10(13)8-16-11/h4-5,8,15H,3,6-7H2,1-2H3. The van der Waals surface area contributed by atoms with Crippen molar-refractivity contribution >= 4 is 23.4 Å². The second-order valence-corrected chi connectivity index (χ2v) is 5.51. The van der Waals surface area contributed by atoms with Gasteiger partial charge in [-0.25, -0.2) is 4.98 Å². The Bertz CT molecular complexity index is 388. The van der Waals surface area contributed by atoms with Gasteiger partial charge in [0.25, 0.3) is 0 Å². The zero-order chi connectivity index (χ0) is 12.7. The van der Waals surface area contributed by atoms with Crippen LogP contribution < -0.4 is 5.32 Å². The van der Waals surface area contributed by atoms with E-state index >= 15 is 0 Å². The molecule has 0 bridgehead atoms. The van der Waals surface area contributed by atoms with Crippen molar-refractivity contribution in [2.45, 2.75) is 30.3 Å². The second-order valence-electron chi connectivity index (χ2n) is 3.96. The predicted octanol–water partition coefficient (Wildman–Crippen LogP) is 3.11. The van der Waals surface area contributed by atoms with E-state index in [1.165, 1.54) is 0 Å². The van der Waals surface area contributed by atoms with Crippen LogP contribution in [0.2, 0.25) is 5.02 Å². The molecule has 92 valence electrons. The Labute approximate surface area is 112 Å². The van der Waals surface area contributed by atoms with Gasteiger partial charge in [-0.2, -0.15) is 5.26 Å². The zero-order valence-corrected chi connectivity index (χ0v) is 11.6. The van der Waals surface area contributed by atoms with E-state index in [4.69, 9.17) is 16.9 Å². The van der Waals surface area contributed by atoms with E-state index in [2.05, 4.69) is 16.4 Å². The van der Waals surface area contributed by atoms with Crippen molar-refractivity contribution in [2.75, 3.05) is 12.8 Å². The smallest absolute Gasteiger partial charge is 0.103 e. The number of nitriles is 1. The van der Waals surface area contributed by atoms with Crippen molar-refractivity contribution in [1.82, 2.24) is 10.3 Å². The summed E-state index contributed by atoms with van der Waals surface area (Å²) in [7, 11) is 1.82. The highest BCUT2D eigenvalue weighted by Gasteiger charge is 2.19. The summed E-state index contributed by atoms with van der Waals surface area (Å²) in [6.07, 6.45) is 3.46. The second kappa shape index (κ2) is 6.85. The molecule has 0 aromatic carbocycles. The average molecular weight is 270 g/mol. The highest BCUT2D eigenvalue weighted by Crippen LogP contribution is 2.20. The molecule has 1 rings (SSSR count). The Kier molecular flexibility index (Phi) is 5.76. The molecule has 3 nitrogen and oxygen atoms in total. The summed E-state index contributed by atoms with van der Waals surface area (Å²) >= 11 is 7.44. The number of hydrogen-bond acceptors (Lipinski definition) is 4. The lowest BCUT2D eigenvalue weighted by Gasteiger charge is -2.19. The number of hydrogen-bond donors (Lipinski definition) is 1. The number of halogens is 1. The SMILES string of the molecule is CNC(C)(C#N)CCCSc1ccc(Cl)cn1. The predicted molar refractivity (Wildman–Crippen MR) is 72.3 cm³/mol. The minimum atomic E-state index is -0.423. The maximum Gasteiger partial charge on any atom is 0.103 e. The lowest BCUT2D eigenvalue weighted by Crippen LogP contribution is -2.37. The van der Waals surface area contributed by atoms with E-state index in [1.807, 2.05) is 26.1 Å². The monoisotopic (exact) mass is 269 g/mol. The van der Waals surface area contributed by atoms with Crippen LogP contribution in [-0.2, 0) is 0 Å². The van der Waals surface area contributed by atoms with Gasteiger partial charge in [0, 0.05) is 6.20 Å². The number of nitrogens with one attached hydrogen (secondary N) is 1. The third-order valence-corrected chi connectivity index (χ3v) is 3.82. The fraction of sp³-hybridized carbons (Fsp3) is 0.500. The molecular formula is C12H16ClN3S. The van der Waals surface area contributed by atoms with Crippen LogP contribution in [-0.4, -0.2) is 23.3 Å². The number of rotatable bonds is 6. The Morgan fingerprint density at radius 1 is 1.59 bits per heavy atom. The molecule has 1 aromatic rings. The molecule has 1 atom stereocenters. The van der Waals surface area contributed by atoms with Crippen LogP contribution in [0.25, 0.3) is 0 Å². The maximum atomic E-state index is 8.99. The molecule has 17 heavy (non-hydrogen) atoms. The summed E-state index contributed by atoms with van der Waals surface area (Å²) in [5.41, 5.74) is -0.423. The molecule has 0 saturated heterocycles. The topological polar surface area (TPSA) is 48.7 Å². The van der Waals surface area contributed by atoms with Gasteiger partial charge >= 0.3 is 0 Å². The molecule has 1 aromatic heterocycles. The summed E-state index contributed by atoms with van der Waals surface area (Å²) in [4.78, 5) is 4.20. The molecule has 0 aliphatic carbocycles. The first-order valence-electron chi connectivity index (χ1n) is 5.44. The minimum absolute atomic E-state index is 0.423. The summed E-state index contributed by atoms with van der Waals surface area (Å²) in [6, 6.07) is 6.03. The molecular weight excluding hydrogens is 254 g/mol. The number of aromatic nitrogens is 1. The largest absolute Gasteiger partial charge is 0.303 e. The van der Waals surface area contributed by atoms with Gasteiger partial charge in [-0.15, -0.1) is 11.8 Å². The van der Waals surface area contributed by atoms with Gasteiger partial charge in [0.1, 0.15) is 5.54 Å². The van der Waals surface area contributed by atoms with Gasteiger partial charge in [-0.3, -0.25) is 0 Å². The van der Waals surface area contributed by atoms with Crippen LogP contribution in [0.4, 0.5) is 0 Å². The van der Waals surface area contributed by atoms with E-state index in [9.17, 15) is 0 Å². The van der Waals surface area contributed by atoms with E-state index in [-0.39, 0.29) is 0 Å². The van der Waals surface area contributed by atoms with Crippen LogP contribution in [0.3, 0.4) is 0 Å². The molecule has 0 aliphatic rings. The molecule has 0 spiro atoms. The van der Waals surface area contributed by atoms with Gasteiger partial charge in [0.05, 0.1) is 16.1 Å². The van der Waals surface area contributed by atoms with Crippen LogP contribution in [0, 0.1) is 11.3 Å². The maximum absolute atomic E-state index is 8.99.